The Morgan fingerprint density at radius 1 is 1.64 bits per heavy atom. The number of anilines is 2. The second-order valence-corrected chi connectivity index (χ2v) is 3.35. The average Bonchev–Trinajstić information content (AvgIpc) is 2.18. The summed E-state index contributed by atoms with van der Waals surface area (Å²) in [5, 5.41) is 0. The Hall–Kier alpha value is -1.29. The molecule has 1 heterocycles. The van der Waals surface area contributed by atoms with E-state index in [1.54, 1.807) is 19.5 Å². The summed E-state index contributed by atoms with van der Waals surface area (Å²) in [6.07, 6.45) is 3.40. The Bertz CT molecular complexity index is 290. The van der Waals surface area contributed by atoms with Crippen molar-refractivity contribution in [2.75, 3.05) is 31.4 Å². The maximum absolute atomic E-state index is 5.81. The van der Waals surface area contributed by atoms with Crippen LogP contribution >= 0.6 is 0 Å². The van der Waals surface area contributed by atoms with Crippen molar-refractivity contribution >= 4 is 11.4 Å². The summed E-state index contributed by atoms with van der Waals surface area (Å²) in [5.41, 5.74) is 7.49. The van der Waals surface area contributed by atoms with Crippen LogP contribution in [-0.2, 0) is 4.74 Å². The van der Waals surface area contributed by atoms with Gasteiger partial charge in [0.2, 0.25) is 0 Å². The quantitative estimate of drug-likeness (QED) is 0.782. The van der Waals surface area contributed by atoms with Crippen LogP contribution in [0.5, 0.6) is 0 Å². The molecule has 0 spiro atoms. The zero-order chi connectivity index (χ0) is 10.6. The largest absolute Gasteiger partial charge is 0.396 e. The number of rotatable bonds is 4. The molecule has 1 rings (SSSR count). The molecule has 1 atom stereocenters. The molecule has 0 saturated carbocycles. The van der Waals surface area contributed by atoms with Gasteiger partial charge >= 0.3 is 0 Å². The minimum Gasteiger partial charge on any atom is -0.396 e. The van der Waals surface area contributed by atoms with E-state index in [9.17, 15) is 0 Å². The van der Waals surface area contributed by atoms with E-state index in [-0.39, 0.29) is 0 Å². The molecule has 1 unspecified atom stereocenters. The van der Waals surface area contributed by atoms with Crippen molar-refractivity contribution in [3.05, 3.63) is 18.5 Å². The molecule has 0 aliphatic heterocycles. The molecule has 2 N–H and O–H groups in total. The van der Waals surface area contributed by atoms with E-state index in [0.29, 0.717) is 18.3 Å². The Morgan fingerprint density at radius 3 is 2.93 bits per heavy atom. The van der Waals surface area contributed by atoms with Gasteiger partial charge in [-0.25, -0.2) is 0 Å². The predicted molar refractivity (Wildman–Crippen MR) is 58.4 cm³/mol. The number of ether oxygens (including phenoxy) is 1. The van der Waals surface area contributed by atoms with Crippen LogP contribution in [0.25, 0.3) is 0 Å². The lowest BCUT2D eigenvalue weighted by Crippen LogP contribution is -2.33. The molecule has 0 radical (unpaired) electrons. The standard InChI is InChI=1S/C10H17N3O/c1-8(7-14-3)13(2)10-4-5-12-6-9(10)11/h4-6,8H,7,11H2,1-3H3. The summed E-state index contributed by atoms with van der Waals surface area (Å²) in [4.78, 5) is 6.03. The number of hydrogen-bond acceptors (Lipinski definition) is 4. The van der Waals surface area contributed by atoms with Crippen LogP contribution < -0.4 is 10.6 Å². The van der Waals surface area contributed by atoms with Crippen molar-refractivity contribution in [1.29, 1.82) is 0 Å². The molecule has 0 amide bonds. The first-order chi connectivity index (χ1) is 6.66. The van der Waals surface area contributed by atoms with Crippen LogP contribution in [-0.4, -0.2) is 31.8 Å². The zero-order valence-corrected chi connectivity index (χ0v) is 8.90. The number of pyridine rings is 1. The first kappa shape index (κ1) is 10.8. The highest BCUT2D eigenvalue weighted by Gasteiger charge is 2.11. The molecule has 0 saturated heterocycles. The number of likely N-dealkylation sites (N-methyl/N-ethyl adjacent to an activating group) is 1. The Morgan fingerprint density at radius 2 is 2.36 bits per heavy atom. The van der Waals surface area contributed by atoms with Gasteiger partial charge in [0.1, 0.15) is 0 Å². The van der Waals surface area contributed by atoms with Crippen LogP contribution in [0.2, 0.25) is 0 Å². The number of aromatic nitrogens is 1. The molecule has 0 aliphatic carbocycles. The van der Waals surface area contributed by atoms with E-state index < -0.39 is 0 Å². The molecule has 0 aliphatic rings. The number of methoxy groups -OCH3 is 1. The second kappa shape index (κ2) is 4.81. The van der Waals surface area contributed by atoms with E-state index in [0.717, 1.165) is 5.69 Å². The molecule has 4 nitrogen and oxygen atoms in total. The van der Waals surface area contributed by atoms with Gasteiger partial charge in [0.05, 0.1) is 24.2 Å². The molecule has 14 heavy (non-hydrogen) atoms. The van der Waals surface area contributed by atoms with E-state index >= 15 is 0 Å². The van der Waals surface area contributed by atoms with Crippen LogP contribution in [0.1, 0.15) is 6.92 Å². The monoisotopic (exact) mass is 195 g/mol. The lowest BCUT2D eigenvalue weighted by molar-refractivity contribution is 0.183. The summed E-state index contributed by atoms with van der Waals surface area (Å²) in [7, 11) is 3.69. The van der Waals surface area contributed by atoms with Crippen molar-refractivity contribution in [2.24, 2.45) is 0 Å². The van der Waals surface area contributed by atoms with Gasteiger partial charge in [0.25, 0.3) is 0 Å². The van der Waals surface area contributed by atoms with E-state index in [1.807, 2.05) is 13.1 Å². The Labute approximate surface area is 84.7 Å². The smallest absolute Gasteiger partial charge is 0.0738 e. The van der Waals surface area contributed by atoms with Gasteiger partial charge < -0.3 is 15.4 Å². The second-order valence-electron chi connectivity index (χ2n) is 3.35. The van der Waals surface area contributed by atoms with Crippen molar-refractivity contribution in [3.63, 3.8) is 0 Å². The van der Waals surface area contributed by atoms with Gasteiger partial charge in [0.15, 0.2) is 0 Å². The third-order valence-corrected chi connectivity index (χ3v) is 2.28. The first-order valence-corrected chi connectivity index (χ1v) is 4.58. The van der Waals surface area contributed by atoms with Crippen molar-refractivity contribution in [2.45, 2.75) is 13.0 Å². The third kappa shape index (κ3) is 2.35. The predicted octanol–water partition coefficient (Wildman–Crippen LogP) is 1.13. The topological polar surface area (TPSA) is 51.4 Å². The van der Waals surface area contributed by atoms with Gasteiger partial charge in [-0.05, 0) is 13.0 Å². The highest BCUT2D eigenvalue weighted by Crippen LogP contribution is 2.21. The van der Waals surface area contributed by atoms with Gasteiger partial charge in [-0.15, -0.1) is 0 Å². The minimum atomic E-state index is 0.296. The number of nitrogens with zero attached hydrogens (tertiary/aromatic N) is 2. The van der Waals surface area contributed by atoms with Crippen LogP contribution in [0.3, 0.4) is 0 Å². The molecule has 78 valence electrons. The highest BCUT2D eigenvalue weighted by molar-refractivity contribution is 5.65. The first-order valence-electron chi connectivity index (χ1n) is 4.58. The van der Waals surface area contributed by atoms with Crippen molar-refractivity contribution in [3.8, 4) is 0 Å². The van der Waals surface area contributed by atoms with Crippen molar-refractivity contribution < 1.29 is 4.74 Å². The molecule has 1 aromatic rings. The Balaban J connectivity index is 2.78. The Kier molecular flexibility index (Phi) is 3.71. The number of nitrogens with two attached hydrogens (primary N) is 1. The summed E-state index contributed by atoms with van der Waals surface area (Å²) >= 11 is 0. The van der Waals surface area contributed by atoms with Gasteiger partial charge in [-0.1, -0.05) is 0 Å². The summed E-state index contributed by atoms with van der Waals surface area (Å²) in [6, 6.07) is 2.20. The summed E-state index contributed by atoms with van der Waals surface area (Å²) in [5.74, 6) is 0. The summed E-state index contributed by atoms with van der Waals surface area (Å²) < 4.78 is 5.09. The van der Waals surface area contributed by atoms with Crippen LogP contribution in [0.4, 0.5) is 11.4 Å². The fraction of sp³-hybridized carbons (Fsp3) is 0.500. The normalized spacial score (nSPS) is 12.5. The SMILES string of the molecule is COCC(C)N(C)c1ccncc1N. The highest BCUT2D eigenvalue weighted by atomic mass is 16.5. The molecule has 0 aromatic carbocycles. The molecular weight excluding hydrogens is 178 g/mol. The van der Waals surface area contributed by atoms with E-state index in [4.69, 9.17) is 10.5 Å². The van der Waals surface area contributed by atoms with Gasteiger partial charge in [0, 0.05) is 26.4 Å². The van der Waals surface area contributed by atoms with Gasteiger partial charge in [-0.3, -0.25) is 4.98 Å². The third-order valence-electron chi connectivity index (χ3n) is 2.28. The molecule has 4 heteroatoms. The maximum Gasteiger partial charge on any atom is 0.0738 e. The zero-order valence-electron chi connectivity index (χ0n) is 8.90. The lowest BCUT2D eigenvalue weighted by atomic mass is 10.2. The lowest BCUT2D eigenvalue weighted by Gasteiger charge is -2.27. The molecule has 0 bridgehead atoms. The van der Waals surface area contributed by atoms with Crippen LogP contribution in [0, 0.1) is 0 Å². The number of hydrogen-bond donors (Lipinski definition) is 1. The average molecular weight is 195 g/mol. The van der Waals surface area contributed by atoms with Crippen molar-refractivity contribution in [1.82, 2.24) is 4.98 Å². The van der Waals surface area contributed by atoms with E-state index in [1.165, 1.54) is 0 Å². The summed E-state index contributed by atoms with van der Waals surface area (Å²) in [6.45, 7) is 2.77. The molecule has 0 fully saturated rings. The van der Waals surface area contributed by atoms with E-state index in [2.05, 4.69) is 16.8 Å². The minimum absolute atomic E-state index is 0.296. The molecular formula is C10H17N3O. The maximum atomic E-state index is 5.81. The fourth-order valence-corrected chi connectivity index (χ4v) is 1.31. The molecule has 1 aromatic heterocycles. The fourth-order valence-electron chi connectivity index (χ4n) is 1.31. The van der Waals surface area contributed by atoms with Gasteiger partial charge in [-0.2, -0.15) is 0 Å². The van der Waals surface area contributed by atoms with Crippen LogP contribution in [0.15, 0.2) is 18.5 Å². The number of nitrogen functional groups attached to an aromatic ring is 1.